The first-order valence-electron chi connectivity index (χ1n) is 12.6. The van der Waals surface area contributed by atoms with Crippen LogP contribution in [0.1, 0.15) is 50.1 Å². The molecule has 36 heavy (non-hydrogen) atoms. The van der Waals surface area contributed by atoms with Crippen LogP contribution in [0.25, 0.3) is 10.9 Å². The van der Waals surface area contributed by atoms with E-state index in [0.717, 1.165) is 35.1 Å². The molecule has 0 saturated carbocycles. The highest BCUT2D eigenvalue weighted by molar-refractivity contribution is 6.17. The van der Waals surface area contributed by atoms with Crippen molar-refractivity contribution in [3.05, 3.63) is 64.9 Å². The van der Waals surface area contributed by atoms with E-state index in [1.165, 1.54) is 26.0 Å². The summed E-state index contributed by atoms with van der Waals surface area (Å²) in [6.07, 6.45) is 1.45. The van der Waals surface area contributed by atoms with E-state index in [2.05, 4.69) is 9.88 Å². The number of alkyl halides is 2. The van der Waals surface area contributed by atoms with Crippen LogP contribution in [0.15, 0.2) is 36.4 Å². The molecule has 0 spiro atoms. The van der Waals surface area contributed by atoms with Crippen molar-refractivity contribution in [2.75, 3.05) is 32.1 Å². The lowest BCUT2D eigenvalue weighted by Gasteiger charge is -2.43. The molecule has 3 aromatic rings. The molecule has 3 heterocycles. The average molecular weight is 520 g/mol. The molecule has 1 fully saturated rings. The van der Waals surface area contributed by atoms with Gasteiger partial charge in [0.25, 0.3) is 0 Å². The molecule has 0 unspecified atom stereocenters. The molecule has 2 aliphatic heterocycles. The van der Waals surface area contributed by atoms with Gasteiger partial charge in [-0.05, 0) is 51.8 Å². The zero-order chi connectivity index (χ0) is 25.6. The van der Waals surface area contributed by atoms with E-state index in [1.54, 1.807) is 0 Å². The van der Waals surface area contributed by atoms with Gasteiger partial charge in [-0.2, -0.15) is 0 Å². The van der Waals surface area contributed by atoms with E-state index in [9.17, 15) is 4.39 Å². The van der Waals surface area contributed by atoms with E-state index in [-0.39, 0.29) is 30.0 Å². The molecule has 2 aromatic carbocycles. The minimum absolute atomic E-state index is 0.0466. The maximum atomic E-state index is 15.7. The second-order valence-corrected chi connectivity index (χ2v) is 11.1. The Labute approximate surface area is 215 Å². The van der Waals surface area contributed by atoms with Crippen LogP contribution in [0.5, 0.6) is 5.75 Å². The normalized spacial score (nSPS) is 21.5. The standard InChI is InChI=1S/C28H33ClF3N3O/c1-17-11-21-20-7-4-5-8-24(20)33-26(21)27(35(17)16-28(2,3)32)25-22(30)12-18(13-23(25)31)36-19-14-34(15-19)10-6-9-29/h4-5,7-8,12-13,17,19,27,33H,6,9-11,14-16H2,1-3H3/t17-,27-/m1/s1. The van der Waals surface area contributed by atoms with Crippen molar-refractivity contribution >= 4 is 22.5 Å². The summed E-state index contributed by atoms with van der Waals surface area (Å²) in [5.41, 5.74) is 1.04. The Bertz CT molecular complexity index is 1210. The number of nitrogens with one attached hydrogen (secondary N) is 1. The van der Waals surface area contributed by atoms with Gasteiger partial charge in [0.2, 0.25) is 0 Å². The van der Waals surface area contributed by atoms with Gasteiger partial charge in [-0.25, -0.2) is 13.2 Å². The molecule has 0 aliphatic carbocycles. The van der Waals surface area contributed by atoms with E-state index >= 15 is 8.78 Å². The number of hydrogen-bond acceptors (Lipinski definition) is 3. The average Bonchev–Trinajstić information content (AvgIpc) is 3.14. The molecule has 0 amide bonds. The van der Waals surface area contributed by atoms with Gasteiger partial charge in [0.05, 0.1) is 6.04 Å². The molecule has 4 nitrogen and oxygen atoms in total. The highest BCUT2D eigenvalue weighted by Crippen LogP contribution is 2.43. The quantitative estimate of drug-likeness (QED) is 0.358. The predicted molar refractivity (Wildman–Crippen MR) is 138 cm³/mol. The molecular formula is C28H33ClF3N3O. The predicted octanol–water partition coefficient (Wildman–Crippen LogP) is 6.22. The fourth-order valence-corrected chi connectivity index (χ4v) is 5.76. The molecule has 1 aromatic heterocycles. The minimum Gasteiger partial charge on any atom is -0.488 e. The van der Waals surface area contributed by atoms with Gasteiger partial charge in [-0.15, -0.1) is 11.6 Å². The van der Waals surface area contributed by atoms with E-state index in [1.807, 2.05) is 36.1 Å². The first-order valence-corrected chi connectivity index (χ1v) is 13.2. The minimum atomic E-state index is -1.54. The van der Waals surface area contributed by atoms with Gasteiger partial charge >= 0.3 is 0 Å². The summed E-state index contributed by atoms with van der Waals surface area (Å²) < 4.78 is 52.2. The topological polar surface area (TPSA) is 31.5 Å². The van der Waals surface area contributed by atoms with Crippen LogP contribution in [-0.2, 0) is 6.42 Å². The Kier molecular flexibility index (Phi) is 7.01. The van der Waals surface area contributed by atoms with Crippen LogP contribution < -0.4 is 4.74 Å². The first kappa shape index (κ1) is 25.4. The molecule has 194 valence electrons. The van der Waals surface area contributed by atoms with Crippen molar-refractivity contribution in [1.29, 1.82) is 0 Å². The van der Waals surface area contributed by atoms with Crippen LogP contribution >= 0.6 is 11.6 Å². The highest BCUT2D eigenvalue weighted by Gasteiger charge is 2.41. The Balaban J connectivity index is 1.50. The number of halogens is 4. The Morgan fingerprint density at radius 1 is 1.14 bits per heavy atom. The molecule has 2 aliphatic rings. The Morgan fingerprint density at radius 3 is 2.50 bits per heavy atom. The van der Waals surface area contributed by atoms with Gasteiger partial charge in [0.15, 0.2) is 0 Å². The van der Waals surface area contributed by atoms with Crippen LogP contribution in [0.2, 0.25) is 0 Å². The zero-order valence-corrected chi connectivity index (χ0v) is 21.7. The Morgan fingerprint density at radius 2 is 1.83 bits per heavy atom. The van der Waals surface area contributed by atoms with Crippen molar-refractivity contribution in [1.82, 2.24) is 14.8 Å². The van der Waals surface area contributed by atoms with Crippen LogP contribution in [-0.4, -0.2) is 64.7 Å². The van der Waals surface area contributed by atoms with E-state index < -0.39 is 23.3 Å². The third-order valence-corrected chi connectivity index (χ3v) is 7.50. The fourth-order valence-electron chi connectivity index (χ4n) is 5.64. The van der Waals surface area contributed by atoms with Crippen molar-refractivity contribution in [2.45, 2.75) is 57.5 Å². The number of nitrogens with zero attached hydrogens (tertiary/aromatic N) is 2. The summed E-state index contributed by atoms with van der Waals surface area (Å²) >= 11 is 5.75. The summed E-state index contributed by atoms with van der Waals surface area (Å²) in [5, 5.41) is 1.04. The van der Waals surface area contributed by atoms with Crippen LogP contribution in [0, 0.1) is 11.6 Å². The highest BCUT2D eigenvalue weighted by atomic mass is 35.5. The Hall–Kier alpha value is -2.22. The third-order valence-electron chi connectivity index (χ3n) is 7.24. The number of rotatable bonds is 8. The lowest BCUT2D eigenvalue weighted by molar-refractivity contribution is 0.0199. The zero-order valence-electron chi connectivity index (χ0n) is 21.0. The summed E-state index contributed by atoms with van der Waals surface area (Å²) in [4.78, 5) is 7.47. The number of hydrogen-bond donors (Lipinski definition) is 1. The van der Waals surface area contributed by atoms with Crippen molar-refractivity contribution in [3.8, 4) is 5.75 Å². The van der Waals surface area contributed by atoms with Crippen molar-refractivity contribution < 1.29 is 17.9 Å². The maximum absolute atomic E-state index is 15.7. The van der Waals surface area contributed by atoms with Gasteiger partial charge in [0.1, 0.15) is 29.2 Å². The molecule has 1 saturated heterocycles. The molecular weight excluding hydrogens is 487 g/mol. The number of ether oxygens (including phenoxy) is 1. The summed E-state index contributed by atoms with van der Waals surface area (Å²) in [6.45, 7) is 7.33. The summed E-state index contributed by atoms with van der Waals surface area (Å²) in [6, 6.07) is 9.49. The molecule has 0 bridgehead atoms. The lowest BCUT2D eigenvalue weighted by atomic mass is 9.87. The largest absolute Gasteiger partial charge is 0.488 e. The smallest absolute Gasteiger partial charge is 0.135 e. The van der Waals surface area contributed by atoms with Crippen LogP contribution in [0.3, 0.4) is 0 Å². The molecule has 8 heteroatoms. The molecule has 1 N–H and O–H groups in total. The van der Waals surface area contributed by atoms with Gasteiger partial charge in [-0.3, -0.25) is 9.80 Å². The number of aromatic nitrogens is 1. The number of benzene rings is 2. The maximum Gasteiger partial charge on any atom is 0.135 e. The third kappa shape index (κ3) is 4.98. The van der Waals surface area contributed by atoms with Crippen molar-refractivity contribution in [3.63, 3.8) is 0 Å². The van der Waals surface area contributed by atoms with E-state index in [0.29, 0.717) is 25.4 Å². The first-order chi connectivity index (χ1) is 17.1. The SMILES string of the molecule is C[C@@H]1Cc2c([nH]c3ccccc23)[C@@H](c2c(F)cc(OC3CN(CCCCl)C3)cc2F)N1CC(C)(C)F. The summed E-state index contributed by atoms with van der Waals surface area (Å²) in [5.74, 6) is -0.592. The fraction of sp³-hybridized carbons (Fsp3) is 0.500. The van der Waals surface area contributed by atoms with Gasteiger partial charge < -0.3 is 9.72 Å². The summed E-state index contributed by atoms with van der Waals surface area (Å²) in [7, 11) is 0. The van der Waals surface area contributed by atoms with Crippen LogP contribution in [0.4, 0.5) is 13.2 Å². The second-order valence-electron chi connectivity index (χ2n) is 10.8. The second kappa shape index (κ2) is 9.92. The van der Waals surface area contributed by atoms with Crippen molar-refractivity contribution in [2.24, 2.45) is 0 Å². The molecule has 0 radical (unpaired) electrons. The lowest BCUT2D eigenvalue weighted by Crippen LogP contribution is -2.53. The number of para-hydroxylation sites is 1. The molecule has 2 atom stereocenters. The van der Waals surface area contributed by atoms with Gasteiger partial charge in [-0.1, -0.05) is 18.2 Å². The van der Waals surface area contributed by atoms with Gasteiger partial charge in [0, 0.05) is 65.8 Å². The van der Waals surface area contributed by atoms with E-state index in [4.69, 9.17) is 16.3 Å². The monoisotopic (exact) mass is 519 g/mol. The number of aromatic amines is 1. The number of fused-ring (bicyclic) bond motifs is 3. The molecule has 5 rings (SSSR count). The number of likely N-dealkylation sites (tertiary alicyclic amines) is 1. The number of H-pyrrole nitrogens is 1.